The molecule has 0 aliphatic carbocycles. The summed E-state index contributed by atoms with van der Waals surface area (Å²) in [6.07, 6.45) is 2.04. The number of hydrogen-bond acceptors (Lipinski definition) is 1. The van der Waals surface area contributed by atoms with Crippen LogP contribution in [0.15, 0.2) is 48.7 Å². The number of benzene rings is 1. The van der Waals surface area contributed by atoms with Crippen molar-refractivity contribution in [3.05, 3.63) is 48.7 Å². The number of rotatable bonds is 4. The lowest BCUT2D eigenvalue weighted by molar-refractivity contribution is -0.117. The smallest absolute Gasteiger partial charge is 0.246 e. The molecule has 0 radical (unpaired) electrons. The SMILES string of the molecule is C=C(C)C(=O)NCCn1ccc2ccccc21. The Bertz CT molecular complexity index is 554. The Morgan fingerprint density at radius 3 is 2.88 bits per heavy atom. The zero-order valence-electron chi connectivity index (χ0n) is 9.94. The first-order valence-corrected chi connectivity index (χ1v) is 5.66. The molecule has 88 valence electrons. The van der Waals surface area contributed by atoms with E-state index in [9.17, 15) is 4.79 Å². The highest BCUT2D eigenvalue weighted by atomic mass is 16.1. The van der Waals surface area contributed by atoms with Crippen molar-refractivity contribution < 1.29 is 4.79 Å². The van der Waals surface area contributed by atoms with Crippen LogP contribution in [0.1, 0.15) is 6.92 Å². The number of amides is 1. The van der Waals surface area contributed by atoms with E-state index in [1.165, 1.54) is 10.9 Å². The number of carbonyl (C=O) groups is 1. The number of fused-ring (bicyclic) bond motifs is 1. The first-order valence-electron chi connectivity index (χ1n) is 5.66. The molecule has 1 heterocycles. The standard InChI is InChI=1S/C14H16N2O/c1-11(2)14(17)15-8-10-16-9-7-12-5-3-4-6-13(12)16/h3-7,9H,1,8,10H2,2H3,(H,15,17). The summed E-state index contributed by atoms with van der Waals surface area (Å²) in [4.78, 5) is 11.3. The monoisotopic (exact) mass is 228 g/mol. The molecule has 3 heteroatoms. The minimum absolute atomic E-state index is 0.0820. The van der Waals surface area contributed by atoms with Gasteiger partial charge in [0, 0.05) is 30.4 Å². The molecule has 0 saturated heterocycles. The van der Waals surface area contributed by atoms with Gasteiger partial charge in [-0.25, -0.2) is 0 Å². The van der Waals surface area contributed by atoms with E-state index in [0.29, 0.717) is 12.1 Å². The van der Waals surface area contributed by atoms with Gasteiger partial charge in [-0.1, -0.05) is 24.8 Å². The molecule has 0 unspecified atom stereocenters. The minimum Gasteiger partial charge on any atom is -0.351 e. The van der Waals surface area contributed by atoms with Crippen molar-refractivity contribution in [1.29, 1.82) is 0 Å². The van der Waals surface area contributed by atoms with E-state index in [1.54, 1.807) is 6.92 Å². The summed E-state index contributed by atoms with van der Waals surface area (Å²) >= 11 is 0. The van der Waals surface area contributed by atoms with E-state index in [0.717, 1.165) is 6.54 Å². The van der Waals surface area contributed by atoms with Gasteiger partial charge in [0.15, 0.2) is 0 Å². The second kappa shape index (κ2) is 4.87. The molecule has 0 aliphatic rings. The predicted molar refractivity (Wildman–Crippen MR) is 69.8 cm³/mol. The number of para-hydroxylation sites is 1. The number of aromatic nitrogens is 1. The quantitative estimate of drug-likeness (QED) is 0.801. The van der Waals surface area contributed by atoms with E-state index in [2.05, 4.69) is 34.7 Å². The predicted octanol–water partition coefficient (Wildman–Crippen LogP) is 2.33. The fraction of sp³-hybridized carbons (Fsp3) is 0.214. The summed E-state index contributed by atoms with van der Waals surface area (Å²) < 4.78 is 2.13. The van der Waals surface area contributed by atoms with Crippen LogP contribution in [0.25, 0.3) is 10.9 Å². The lowest BCUT2D eigenvalue weighted by Gasteiger charge is -2.07. The summed E-state index contributed by atoms with van der Waals surface area (Å²) in [5, 5.41) is 4.05. The molecule has 0 aliphatic heterocycles. The molecule has 0 bridgehead atoms. The van der Waals surface area contributed by atoms with Gasteiger partial charge >= 0.3 is 0 Å². The fourth-order valence-corrected chi connectivity index (χ4v) is 1.78. The molecule has 0 fully saturated rings. The van der Waals surface area contributed by atoms with Gasteiger partial charge < -0.3 is 9.88 Å². The lowest BCUT2D eigenvalue weighted by Crippen LogP contribution is -2.27. The highest BCUT2D eigenvalue weighted by Gasteiger charge is 2.02. The van der Waals surface area contributed by atoms with Gasteiger partial charge in [-0.05, 0) is 24.4 Å². The topological polar surface area (TPSA) is 34.0 Å². The maximum absolute atomic E-state index is 11.3. The van der Waals surface area contributed by atoms with Gasteiger partial charge in [0.2, 0.25) is 5.91 Å². The van der Waals surface area contributed by atoms with Gasteiger partial charge in [0.05, 0.1) is 0 Å². The van der Waals surface area contributed by atoms with Crippen LogP contribution in [0.3, 0.4) is 0 Å². The average Bonchev–Trinajstić information content (AvgIpc) is 2.72. The Morgan fingerprint density at radius 1 is 1.35 bits per heavy atom. The molecule has 1 amide bonds. The molecule has 3 nitrogen and oxygen atoms in total. The summed E-state index contributed by atoms with van der Waals surface area (Å²) in [6, 6.07) is 10.3. The fourth-order valence-electron chi connectivity index (χ4n) is 1.78. The van der Waals surface area contributed by atoms with Crippen LogP contribution in [-0.4, -0.2) is 17.0 Å². The normalized spacial score (nSPS) is 10.4. The van der Waals surface area contributed by atoms with Crippen molar-refractivity contribution in [2.45, 2.75) is 13.5 Å². The van der Waals surface area contributed by atoms with Crippen LogP contribution in [0.2, 0.25) is 0 Å². The summed E-state index contributed by atoms with van der Waals surface area (Å²) in [5.41, 5.74) is 1.74. The van der Waals surface area contributed by atoms with Gasteiger partial charge in [0.25, 0.3) is 0 Å². The molecule has 1 aromatic carbocycles. The highest BCUT2D eigenvalue weighted by Crippen LogP contribution is 2.14. The lowest BCUT2D eigenvalue weighted by atomic mass is 10.2. The molecule has 0 saturated carbocycles. The van der Waals surface area contributed by atoms with Gasteiger partial charge in [-0.15, -0.1) is 0 Å². The Kier molecular flexibility index (Phi) is 3.28. The van der Waals surface area contributed by atoms with Crippen LogP contribution in [0.5, 0.6) is 0 Å². The molecular formula is C14H16N2O. The third-order valence-corrected chi connectivity index (χ3v) is 2.71. The van der Waals surface area contributed by atoms with E-state index < -0.39 is 0 Å². The summed E-state index contributed by atoms with van der Waals surface area (Å²) in [6.45, 7) is 6.70. The summed E-state index contributed by atoms with van der Waals surface area (Å²) in [7, 11) is 0. The highest BCUT2D eigenvalue weighted by molar-refractivity contribution is 5.92. The molecule has 2 aromatic rings. The molecular weight excluding hydrogens is 212 g/mol. The third-order valence-electron chi connectivity index (χ3n) is 2.71. The van der Waals surface area contributed by atoms with Crippen molar-refractivity contribution in [2.75, 3.05) is 6.54 Å². The maximum Gasteiger partial charge on any atom is 0.246 e. The molecule has 2 rings (SSSR count). The molecule has 1 aromatic heterocycles. The van der Waals surface area contributed by atoms with Crippen molar-refractivity contribution in [3.63, 3.8) is 0 Å². The molecule has 0 atom stereocenters. The minimum atomic E-state index is -0.0820. The Balaban J connectivity index is 2.00. The number of nitrogens with zero attached hydrogens (tertiary/aromatic N) is 1. The second-order valence-corrected chi connectivity index (χ2v) is 4.10. The van der Waals surface area contributed by atoms with Crippen LogP contribution in [0.4, 0.5) is 0 Å². The van der Waals surface area contributed by atoms with E-state index in [4.69, 9.17) is 0 Å². The molecule has 17 heavy (non-hydrogen) atoms. The zero-order valence-corrected chi connectivity index (χ0v) is 9.94. The van der Waals surface area contributed by atoms with E-state index >= 15 is 0 Å². The second-order valence-electron chi connectivity index (χ2n) is 4.10. The van der Waals surface area contributed by atoms with Gasteiger partial charge in [0.1, 0.15) is 0 Å². The van der Waals surface area contributed by atoms with Crippen molar-refractivity contribution in [3.8, 4) is 0 Å². The van der Waals surface area contributed by atoms with Crippen molar-refractivity contribution in [2.24, 2.45) is 0 Å². The number of hydrogen-bond donors (Lipinski definition) is 1. The van der Waals surface area contributed by atoms with Crippen LogP contribution in [-0.2, 0) is 11.3 Å². The van der Waals surface area contributed by atoms with Crippen molar-refractivity contribution >= 4 is 16.8 Å². The van der Waals surface area contributed by atoms with E-state index in [-0.39, 0.29) is 5.91 Å². The van der Waals surface area contributed by atoms with Gasteiger partial charge in [-0.3, -0.25) is 4.79 Å². The Morgan fingerprint density at radius 2 is 2.12 bits per heavy atom. The largest absolute Gasteiger partial charge is 0.351 e. The summed E-state index contributed by atoms with van der Waals surface area (Å²) in [5.74, 6) is -0.0820. The van der Waals surface area contributed by atoms with Gasteiger partial charge in [-0.2, -0.15) is 0 Å². The molecule has 1 N–H and O–H groups in total. The van der Waals surface area contributed by atoms with Crippen molar-refractivity contribution in [1.82, 2.24) is 9.88 Å². The number of nitrogens with one attached hydrogen (secondary N) is 1. The van der Waals surface area contributed by atoms with Crippen LogP contribution >= 0.6 is 0 Å². The van der Waals surface area contributed by atoms with E-state index in [1.807, 2.05) is 18.3 Å². The maximum atomic E-state index is 11.3. The Labute approximate surface area is 101 Å². The average molecular weight is 228 g/mol. The first kappa shape index (κ1) is 11.5. The number of carbonyl (C=O) groups excluding carboxylic acids is 1. The Hall–Kier alpha value is -2.03. The zero-order chi connectivity index (χ0) is 12.3. The first-order chi connectivity index (χ1) is 8.18. The molecule has 0 spiro atoms. The third kappa shape index (κ3) is 2.56. The van der Waals surface area contributed by atoms with Crippen LogP contribution in [0, 0.1) is 0 Å². The van der Waals surface area contributed by atoms with Crippen LogP contribution < -0.4 is 5.32 Å².